The summed E-state index contributed by atoms with van der Waals surface area (Å²) in [5.74, 6) is 1.40. The lowest BCUT2D eigenvalue weighted by Crippen LogP contribution is -2.57. The monoisotopic (exact) mass is 608 g/mol. The minimum absolute atomic E-state index is 0.0948. The van der Waals surface area contributed by atoms with Gasteiger partial charge in [-0.25, -0.2) is 0 Å². The summed E-state index contributed by atoms with van der Waals surface area (Å²) in [6, 6.07) is 4.26. The molecule has 0 radical (unpaired) electrons. The van der Waals surface area contributed by atoms with Crippen molar-refractivity contribution in [1.29, 1.82) is 0 Å². The van der Waals surface area contributed by atoms with E-state index in [0.29, 0.717) is 12.2 Å². The molecule has 2 fully saturated rings. The summed E-state index contributed by atoms with van der Waals surface area (Å²) in [7, 11) is 0. The van der Waals surface area contributed by atoms with Gasteiger partial charge in [0.15, 0.2) is 0 Å². The Morgan fingerprint density at radius 1 is 1.05 bits per heavy atom. The van der Waals surface area contributed by atoms with E-state index in [0.717, 1.165) is 25.7 Å². The first-order valence-corrected chi connectivity index (χ1v) is 10.1. The second kappa shape index (κ2) is 6.17. The molecule has 1 aromatic carbocycles. The lowest BCUT2D eigenvalue weighted by molar-refractivity contribution is -0.156. The van der Waals surface area contributed by atoms with Crippen molar-refractivity contribution in [3.8, 4) is 5.75 Å². The maximum atomic E-state index is 12.1. The average molecular weight is 608 g/mol. The van der Waals surface area contributed by atoms with Crippen LogP contribution in [0, 0.1) is 16.1 Å². The molecule has 5 heteroatoms. The normalized spacial score (nSPS) is 24.6. The maximum absolute atomic E-state index is 12.1. The van der Waals surface area contributed by atoms with Crippen LogP contribution in [0.3, 0.4) is 0 Å². The third kappa shape index (κ3) is 2.75. The van der Waals surface area contributed by atoms with Crippen molar-refractivity contribution >= 4 is 73.6 Å². The number of carbonyl (C=O) groups is 1. The van der Waals surface area contributed by atoms with Crippen LogP contribution in [0.1, 0.15) is 38.5 Å². The highest BCUT2D eigenvalue weighted by atomic mass is 127. The zero-order valence-electron chi connectivity index (χ0n) is 10.9. The SMILES string of the molecule is O=C1CC(Oc2c(I)cc(I)cc2I)C12CCCCC2. The van der Waals surface area contributed by atoms with Crippen molar-refractivity contribution in [2.24, 2.45) is 5.41 Å². The molecular weight excluding hydrogens is 593 g/mol. The highest BCUT2D eigenvalue weighted by Crippen LogP contribution is 2.51. The summed E-state index contributed by atoms with van der Waals surface area (Å²) in [5, 5.41) is 0. The number of Topliss-reactive ketones (excluding diaryl/α,β-unsaturated/α-hetero) is 1. The molecule has 2 saturated carbocycles. The topological polar surface area (TPSA) is 26.3 Å². The van der Waals surface area contributed by atoms with Gasteiger partial charge in [0.05, 0.1) is 12.6 Å². The van der Waals surface area contributed by atoms with E-state index >= 15 is 0 Å². The average Bonchev–Trinajstić information content (AvgIpc) is 2.42. The van der Waals surface area contributed by atoms with Crippen LogP contribution in [0.5, 0.6) is 5.75 Å². The third-order valence-electron chi connectivity index (χ3n) is 4.51. The van der Waals surface area contributed by atoms with Gasteiger partial charge >= 0.3 is 0 Å². The van der Waals surface area contributed by atoms with Crippen LogP contribution in [-0.2, 0) is 4.79 Å². The van der Waals surface area contributed by atoms with Crippen molar-refractivity contribution in [3.63, 3.8) is 0 Å². The highest BCUT2D eigenvalue weighted by Gasteiger charge is 2.56. The molecule has 1 aromatic rings. The van der Waals surface area contributed by atoms with Crippen LogP contribution in [0.25, 0.3) is 0 Å². The quantitative estimate of drug-likeness (QED) is 0.434. The van der Waals surface area contributed by atoms with Crippen molar-refractivity contribution in [1.82, 2.24) is 0 Å². The Kier molecular flexibility index (Phi) is 4.87. The highest BCUT2D eigenvalue weighted by molar-refractivity contribution is 14.1. The van der Waals surface area contributed by atoms with Crippen LogP contribution < -0.4 is 4.74 Å². The molecule has 2 aliphatic carbocycles. The molecule has 108 valence electrons. The molecule has 20 heavy (non-hydrogen) atoms. The van der Waals surface area contributed by atoms with Gasteiger partial charge < -0.3 is 4.74 Å². The molecule has 1 spiro atoms. The zero-order chi connectivity index (χ0) is 14.3. The van der Waals surface area contributed by atoms with E-state index in [1.165, 1.54) is 22.8 Å². The molecule has 0 saturated heterocycles. The summed E-state index contributed by atoms with van der Waals surface area (Å²) in [6.45, 7) is 0. The number of ether oxygens (including phenoxy) is 1. The first kappa shape index (κ1) is 15.8. The van der Waals surface area contributed by atoms with Crippen molar-refractivity contribution in [3.05, 3.63) is 22.8 Å². The fourth-order valence-electron chi connectivity index (χ4n) is 3.34. The minimum Gasteiger partial charge on any atom is -0.487 e. The summed E-state index contributed by atoms with van der Waals surface area (Å²) < 4.78 is 9.80. The predicted octanol–water partition coefficient (Wildman–Crippen LogP) is 5.17. The largest absolute Gasteiger partial charge is 0.487 e. The van der Waals surface area contributed by atoms with Gasteiger partial charge in [-0.3, -0.25) is 4.79 Å². The Bertz CT molecular complexity index is 527. The van der Waals surface area contributed by atoms with Gasteiger partial charge in [0, 0.05) is 9.99 Å². The summed E-state index contributed by atoms with van der Waals surface area (Å²) >= 11 is 6.99. The Morgan fingerprint density at radius 3 is 2.20 bits per heavy atom. The summed E-state index contributed by atoms with van der Waals surface area (Å²) in [6.07, 6.45) is 6.34. The fourth-order valence-corrected chi connectivity index (χ4v) is 7.17. The standard InChI is InChI=1S/C15H15I3O2/c16-9-6-10(17)14(11(18)7-9)20-13-8-12(19)15(13)4-2-1-3-5-15/h6-7,13H,1-5,8H2. The Balaban J connectivity index is 1.83. The Hall–Kier alpha value is 0.880. The number of rotatable bonds is 2. The Labute approximate surface area is 160 Å². The smallest absolute Gasteiger partial charge is 0.146 e. The van der Waals surface area contributed by atoms with Crippen LogP contribution in [0.2, 0.25) is 0 Å². The summed E-state index contributed by atoms with van der Waals surface area (Å²) in [5.41, 5.74) is -0.159. The second-order valence-corrected chi connectivity index (χ2v) is 9.22. The lowest BCUT2D eigenvalue weighted by Gasteiger charge is -2.49. The van der Waals surface area contributed by atoms with E-state index in [2.05, 4.69) is 79.9 Å². The van der Waals surface area contributed by atoms with Crippen LogP contribution in [-0.4, -0.2) is 11.9 Å². The first-order valence-electron chi connectivity index (χ1n) is 6.87. The van der Waals surface area contributed by atoms with Crippen molar-refractivity contribution < 1.29 is 9.53 Å². The maximum Gasteiger partial charge on any atom is 0.146 e. The number of ketones is 1. The van der Waals surface area contributed by atoms with E-state index in [-0.39, 0.29) is 11.5 Å². The second-order valence-electron chi connectivity index (χ2n) is 5.65. The Morgan fingerprint density at radius 2 is 1.65 bits per heavy atom. The zero-order valence-corrected chi connectivity index (χ0v) is 17.4. The molecule has 0 amide bonds. The number of halogens is 3. The minimum atomic E-state index is -0.159. The number of benzene rings is 1. The molecular formula is C15H15I3O2. The third-order valence-corrected chi connectivity index (χ3v) is 6.74. The molecule has 1 unspecified atom stereocenters. The van der Waals surface area contributed by atoms with E-state index in [4.69, 9.17) is 4.74 Å². The van der Waals surface area contributed by atoms with Gasteiger partial charge in [-0.1, -0.05) is 19.3 Å². The van der Waals surface area contributed by atoms with E-state index in [1.807, 2.05) is 0 Å². The van der Waals surface area contributed by atoms with E-state index in [1.54, 1.807) is 0 Å². The van der Waals surface area contributed by atoms with Gasteiger partial charge in [-0.15, -0.1) is 0 Å². The number of hydrogen-bond acceptors (Lipinski definition) is 2. The lowest BCUT2D eigenvalue weighted by atomic mass is 9.57. The summed E-state index contributed by atoms with van der Waals surface area (Å²) in [4.78, 5) is 12.1. The molecule has 0 bridgehead atoms. The van der Waals surface area contributed by atoms with Gasteiger partial charge in [0.1, 0.15) is 17.6 Å². The van der Waals surface area contributed by atoms with Crippen LogP contribution in [0.4, 0.5) is 0 Å². The van der Waals surface area contributed by atoms with Crippen molar-refractivity contribution in [2.75, 3.05) is 0 Å². The first-order chi connectivity index (χ1) is 9.53. The number of carbonyl (C=O) groups excluding carboxylic acids is 1. The van der Waals surface area contributed by atoms with Crippen LogP contribution >= 0.6 is 67.8 Å². The van der Waals surface area contributed by atoms with Gasteiger partial charge in [-0.05, 0) is 92.7 Å². The molecule has 1 atom stereocenters. The molecule has 0 heterocycles. The van der Waals surface area contributed by atoms with E-state index < -0.39 is 0 Å². The van der Waals surface area contributed by atoms with Gasteiger partial charge in [-0.2, -0.15) is 0 Å². The van der Waals surface area contributed by atoms with Crippen molar-refractivity contribution in [2.45, 2.75) is 44.6 Å². The predicted molar refractivity (Wildman–Crippen MR) is 104 cm³/mol. The van der Waals surface area contributed by atoms with Gasteiger partial charge in [0.2, 0.25) is 0 Å². The molecule has 2 aliphatic rings. The van der Waals surface area contributed by atoms with E-state index in [9.17, 15) is 4.79 Å². The number of hydrogen-bond donors (Lipinski definition) is 0. The molecule has 3 rings (SSSR count). The molecule has 2 nitrogen and oxygen atoms in total. The fraction of sp³-hybridized carbons (Fsp3) is 0.533. The molecule has 0 N–H and O–H groups in total. The van der Waals surface area contributed by atoms with Gasteiger partial charge in [0.25, 0.3) is 0 Å². The van der Waals surface area contributed by atoms with Crippen LogP contribution in [0.15, 0.2) is 12.1 Å². The molecule has 0 aliphatic heterocycles. The molecule has 0 aromatic heterocycles.